The quantitative estimate of drug-likeness (QED) is 0.670. The SMILES string of the molecule is CC/C(Cc1ccc(OC)cc1)=C(/CC)c1ccc(OC)cc1. The smallest absolute Gasteiger partial charge is 0.118 e. The number of ether oxygens (including phenoxy) is 2. The normalized spacial score (nSPS) is 11.8. The first-order chi connectivity index (χ1) is 11.2. The molecule has 23 heavy (non-hydrogen) atoms. The molecule has 2 heteroatoms. The summed E-state index contributed by atoms with van der Waals surface area (Å²) >= 11 is 0. The van der Waals surface area contributed by atoms with Crippen LogP contribution in [0.3, 0.4) is 0 Å². The van der Waals surface area contributed by atoms with E-state index < -0.39 is 0 Å². The van der Waals surface area contributed by atoms with Crippen LogP contribution in [0, 0.1) is 0 Å². The van der Waals surface area contributed by atoms with E-state index in [-0.39, 0.29) is 0 Å². The molecule has 2 rings (SSSR count). The van der Waals surface area contributed by atoms with E-state index in [1.807, 2.05) is 24.3 Å². The number of hydrogen-bond donors (Lipinski definition) is 0. The van der Waals surface area contributed by atoms with E-state index in [1.165, 1.54) is 22.3 Å². The molecule has 0 N–H and O–H groups in total. The summed E-state index contributed by atoms with van der Waals surface area (Å²) in [5, 5.41) is 0. The molecule has 2 aromatic carbocycles. The zero-order chi connectivity index (χ0) is 16.7. The van der Waals surface area contributed by atoms with Crippen LogP contribution < -0.4 is 9.47 Å². The van der Waals surface area contributed by atoms with E-state index in [9.17, 15) is 0 Å². The van der Waals surface area contributed by atoms with Gasteiger partial charge in [-0.3, -0.25) is 0 Å². The zero-order valence-corrected chi connectivity index (χ0v) is 14.6. The Morgan fingerprint density at radius 1 is 0.739 bits per heavy atom. The first-order valence-electron chi connectivity index (χ1n) is 8.20. The third-order valence-corrected chi connectivity index (χ3v) is 4.22. The van der Waals surface area contributed by atoms with Crippen LogP contribution in [-0.2, 0) is 6.42 Å². The maximum absolute atomic E-state index is 5.26. The number of rotatable bonds is 7. The lowest BCUT2D eigenvalue weighted by Gasteiger charge is -2.14. The van der Waals surface area contributed by atoms with Crippen molar-refractivity contribution in [1.82, 2.24) is 0 Å². The molecule has 0 bridgehead atoms. The summed E-state index contributed by atoms with van der Waals surface area (Å²) in [6.07, 6.45) is 3.07. The molecular formula is C21H26O2. The van der Waals surface area contributed by atoms with Gasteiger partial charge in [-0.25, -0.2) is 0 Å². The average molecular weight is 310 g/mol. The van der Waals surface area contributed by atoms with Crippen LogP contribution in [0.4, 0.5) is 0 Å². The molecule has 2 aromatic rings. The van der Waals surface area contributed by atoms with Gasteiger partial charge in [0.2, 0.25) is 0 Å². The van der Waals surface area contributed by atoms with Gasteiger partial charge in [-0.1, -0.05) is 43.7 Å². The Balaban J connectivity index is 2.29. The Kier molecular flexibility index (Phi) is 6.28. The number of methoxy groups -OCH3 is 2. The van der Waals surface area contributed by atoms with E-state index >= 15 is 0 Å². The molecule has 0 saturated heterocycles. The number of benzene rings is 2. The summed E-state index contributed by atoms with van der Waals surface area (Å²) in [6.45, 7) is 4.46. The van der Waals surface area contributed by atoms with Crippen LogP contribution in [0.2, 0.25) is 0 Å². The van der Waals surface area contributed by atoms with E-state index in [0.29, 0.717) is 0 Å². The van der Waals surface area contributed by atoms with Crippen LogP contribution >= 0.6 is 0 Å². The topological polar surface area (TPSA) is 18.5 Å². The molecule has 0 aliphatic rings. The number of allylic oxidation sites excluding steroid dienone is 2. The fraction of sp³-hybridized carbons (Fsp3) is 0.333. The molecular weight excluding hydrogens is 284 g/mol. The van der Waals surface area contributed by atoms with Crippen LogP contribution in [0.1, 0.15) is 37.8 Å². The molecule has 0 aromatic heterocycles. The Morgan fingerprint density at radius 2 is 1.26 bits per heavy atom. The summed E-state index contributed by atoms with van der Waals surface area (Å²) in [6, 6.07) is 16.7. The Hall–Kier alpha value is -2.22. The fourth-order valence-corrected chi connectivity index (χ4v) is 2.89. The monoisotopic (exact) mass is 310 g/mol. The molecule has 0 amide bonds. The fourth-order valence-electron chi connectivity index (χ4n) is 2.89. The molecule has 2 nitrogen and oxygen atoms in total. The zero-order valence-electron chi connectivity index (χ0n) is 14.6. The second-order valence-electron chi connectivity index (χ2n) is 5.54. The number of hydrogen-bond acceptors (Lipinski definition) is 2. The highest BCUT2D eigenvalue weighted by Crippen LogP contribution is 2.28. The standard InChI is InChI=1S/C21H26O2/c1-5-17(15-16-7-11-19(22-3)12-8-16)21(6-2)18-9-13-20(23-4)14-10-18/h7-14H,5-6,15H2,1-4H3/b21-17+. The van der Waals surface area contributed by atoms with Crippen molar-refractivity contribution in [2.75, 3.05) is 14.2 Å². The van der Waals surface area contributed by atoms with Gasteiger partial charge in [0.1, 0.15) is 11.5 Å². The van der Waals surface area contributed by atoms with Gasteiger partial charge in [0.05, 0.1) is 14.2 Å². The second-order valence-corrected chi connectivity index (χ2v) is 5.54. The van der Waals surface area contributed by atoms with E-state index in [2.05, 4.69) is 38.1 Å². The van der Waals surface area contributed by atoms with Gasteiger partial charge in [-0.15, -0.1) is 0 Å². The summed E-state index contributed by atoms with van der Waals surface area (Å²) in [5.41, 5.74) is 5.54. The minimum Gasteiger partial charge on any atom is -0.497 e. The summed E-state index contributed by atoms with van der Waals surface area (Å²) in [7, 11) is 3.40. The summed E-state index contributed by atoms with van der Waals surface area (Å²) in [5.74, 6) is 1.80. The molecule has 122 valence electrons. The van der Waals surface area contributed by atoms with Crippen molar-refractivity contribution in [2.24, 2.45) is 0 Å². The second kappa shape index (κ2) is 8.42. The van der Waals surface area contributed by atoms with Crippen molar-refractivity contribution in [3.8, 4) is 11.5 Å². The van der Waals surface area contributed by atoms with Gasteiger partial charge in [-0.2, -0.15) is 0 Å². The molecule has 0 atom stereocenters. The largest absolute Gasteiger partial charge is 0.497 e. The van der Waals surface area contributed by atoms with Crippen LogP contribution in [0.5, 0.6) is 11.5 Å². The van der Waals surface area contributed by atoms with E-state index in [4.69, 9.17) is 9.47 Å². The highest BCUT2D eigenvalue weighted by atomic mass is 16.5. The highest BCUT2D eigenvalue weighted by molar-refractivity contribution is 5.69. The first kappa shape index (κ1) is 17.1. The lowest BCUT2D eigenvalue weighted by Crippen LogP contribution is -1.96. The molecule has 0 heterocycles. The average Bonchev–Trinajstić information content (AvgIpc) is 2.62. The van der Waals surface area contributed by atoms with Crippen molar-refractivity contribution >= 4 is 5.57 Å². The van der Waals surface area contributed by atoms with Crippen molar-refractivity contribution < 1.29 is 9.47 Å². The highest BCUT2D eigenvalue weighted by Gasteiger charge is 2.08. The Morgan fingerprint density at radius 3 is 1.70 bits per heavy atom. The molecule has 0 saturated carbocycles. The summed E-state index contributed by atoms with van der Waals surface area (Å²) < 4.78 is 10.5. The van der Waals surface area contributed by atoms with E-state index in [1.54, 1.807) is 14.2 Å². The van der Waals surface area contributed by atoms with E-state index in [0.717, 1.165) is 30.8 Å². The first-order valence-corrected chi connectivity index (χ1v) is 8.20. The van der Waals surface area contributed by atoms with Crippen molar-refractivity contribution in [1.29, 1.82) is 0 Å². The Bertz CT molecular complexity index is 637. The maximum Gasteiger partial charge on any atom is 0.118 e. The molecule has 0 spiro atoms. The van der Waals surface area contributed by atoms with Crippen molar-refractivity contribution in [2.45, 2.75) is 33.1 Å². The van der Waals surface area contributed by atoms with Crippen molar-refractivity contribution in [3.63, 3.8) is 0 Å². The molecule has 0 fully saturated rings. The summed E-state index contributed by atoms with van der Waals surface area (Å²) in [4.78, 5) is 0. The van der Waals surface area contributed by atoms with Crippen molar-refractivity contribution in [3.05, 3.63) is 65.2 Å². The van der Waals surface area contributed by atoms with Gasteiger partial charge in [-0.05, 0) is 60.2 Å². The predicted molar refractivity (Wildman–Crippen MR) is 97.2 cm³/mol. The minimum atomic E-state index is 0.900. The van der Waals surface area contributed by atoms with Gasteiger partial charge < -0.3 is 9.47 Å². The third-order valence-electron chi connectivity index (χ3n) is 4.22. The lowest BCUT2D eigenvalue weighted by atomic mass is 9.92. The maximum atomic E-state index is 5.26. The van der Waals surface area contributed by atoms with Crippen LogP contribution in [0.25, 0.3) is 5.57 Å². The molecule has 0 aliphatic carbocycles. The van der Waals surface area contributed by atoms with Gasteiger partial charge in [0, 0.05) is 0 Å². The Labute approximate surface area is 139 Å². The third kappa shape index (κ3) is 4.38. The molecule has 0 unspecified atom stereocenters. The van der Waals surface area contributed by atoms with Gasteiger partial charge in [0.25, 0.3) is 0 Å². The van der Waals surface area contributed by atoms with Crippen LogP contribution in [-0.4, -0.2) is 14.2 Å². The minimum absolute atomic E-state index is 0.900. The van der Waals surface area contributed by atoms with Gasteiger partial charge in [0.15, 0.2) is 0 Å². The van der Waals surface area contributed by atoms with Crippen LogP contribution in [0.15, 0.2) is 54.1 Å². The molecule has 0 radical (unpaired) electrons. The predicted octanol–water partition coefficient (Wildman–Crippen LogP) is 5.52. The van der Waals surface area contributed by atoms with Gasteiger partial charge >= 0.3 is 0 Å². The molecule has 0 aliphatic heterocycles. The lowest BCUT2D eigenvalue weighted by molar-refractivity contribution is 0.414.